The molecule has 3 atom stereocenters. The second-order valence-corrected chi connectivity index (χ2v) is 9.33. The molecule has 0 fully saturated rings. The summed E-state index contributed by atoms with van der Waals surface area (Å²) >= 11 is 0. The number of likely N-dealkylation sites (N-methyl/N-ethyl adjacent to an activating group) is 1. The highest BCUT2D eigenvalue weighted by molar-refractivity contribution is 5.92. The van der Waals surface area contributed by atoms with E-state index in [1.165, 1.54) is 4.90 Å². The van der Waals surface area contributed by atoms with Crippen LogP contribution in [0.2, 0.25) is 0 Å². The third-order valence-corrected chi connectivity index (χ3v) is 4.81. The Hall–Kier alpha value is -2.57. The monoisotopic (exact) mass is 433 g/mol. The van der Waals surface area contributed by atoms with Crippen molar-refractivity contribution < 1.29 is 19.1 Å². The van der Waals surface area contributed by atoms with Gasteiger partial charge in [0.05, 0.1) is 0 Å². The maximum absolute atomic E-state index is 13.4. The summed E-state index contributed by atoms with van der Waals surface area (Å²) in [6.07, 6.45) is 1.13. The zero-order valence-corrected chi connectivity index (χ0v) is 20.2. The molecule has 0 aromatic heterocycles. The molecule has 174 valence electrons. The quantitative estimate of drug-likeness (QED) is 0.615. The Morgan fingerprint density at radius 2 is 1.61 bits per heavy atom. The summed E-state index contributed by atoms with van der Waals surface area (Å²) in [5.41, 5.74) is 0.0296. The van der Waals surface area contributed by atoms with Crippen molar-refractivity contribution in [3.8, 4) is 0 Å². The fourth-order valence-corrected chi connectivity index (χ4v) is 3.31. The van der Waals surface area contributed by atoms with E-state index in [0.29, 0.717) is 5.56 Å². The van der Waals surface area contributed by atoms with Crippen molar-refractivity contribution >= 4 is 17.9 Å². The SMILES string of the molecule is CCCC(C)NC(=O)C(c1ccccc1)N(C)C(=O)C(NC(=O)OC(C)(C)C)C(C)C. The number of carbonyl (C=O) groups is 3. The lowest BCUT2D eigenvalue weighted by atomic mass is 9.99. The van der Waals surface area contributed by atoms with Crippen LogP contribution in [0.3, 0.4) is 0 Å². The Labute approximate surface area is 186 Å². The minimum Gasteiger partial charge on any atom is -0.444 e. The maximum Gasteiger partial charge on any atom is 0.408 e. The molecule has 0 spiro atoms. The molecule has 2 N–H and O–H groups in total. The molecule has 31 heavy (non-hydrogen) atoms. The number of hydrogen-bond donors (Lipinski definition) is 2. The van der Waals surface area contributed by atoms with Crippen molar-refractivity contribution in [3.63, 3.8) is 0 Å². The highest BCUT2D eigenvalue weighted by Crippen LogP contribution is 2.22. The normalized spacial score (nSPS) is 14.4. The molecular formula is C24H39N3O4. The fraction of sp³-hybridized carbons (Fsp3) is 0.625. The van der Waals surface area contributed by atoms with Crippen molar-refractivity contribution in [3.05, 3.63) is 35.9 Å². The van der Waals surface area contributed by atoms with E-state index in [0.717, 1.165) is 12.8 Å². The lowest BCUT2D eigenvalue weighted by Gasteiger charge is -2.33. The van der Waals surface area contributed by atoms with Gasteiger partial charge in [0.25, 0.3) is 0 Å². The molecule has 0 aliphatic heterocycles. The van der Waals surface area contributed by atoms with Crippen LogP contribution in [0.4, 0.5) is 4.79 Å². The smallest absolute Gasteiger partial charge is 0.408 e. The topological polar surface area (TPSA) is 87.7 Å². The molecule has 3 amide bonds. The van der Waals surface area contributed by atoms with Crippen LogP contribution in [0.15, 0.2) is 30.3 Å². The van der Waals surface area contributed by atoms with Gasteiger partial charge in [0.1, 0.15) is 17.7 Å². The number of ether oxygens (including phenoxy) is 1. The van der Waals surface area contributed by atoms with Gasteiger partial charge in [-0.1, -0.05) is 57.5 Å². The predicted octanol–water partition coefficient (Wildman–Crippen LogP) is 4.04. The summed E-state index contributed by atoms with van der Waals surface area (Å²) in [6.45, 7) is 13.0. The van der Waals surface area contributed by atoms with Crippen molar-refractivity contribution in [1.29, 1.82) is 0 Å². The van der Waals surface area contributed by atoms with Gasteiger partial charge in [0, 0.05) is 13.1 Å². The van der Waals surface area contributed by atoms with Crippen LogP contribution in [-0.4, -0.2) is 47.5 Å². The summed E-state index contributed by atoms with van der Waals surface area (Å²) in [7, 11) is 1.59. The lowest BCUT2D eigenvalue weighted by molar-refractivity contribution is -0.141. The van der Waals surface area contributed by atoms with E-state index in [-0.39, 0.29) is 23.8 Å². The molecule has 0 bridgehead atoms. The summed E-state index contributed by atoms with van der Waals surface area (Å²) in [5.74, 6) is -0.795. The van der Waals surface area contributed by atoms with Crippen LogP contribution in [-0.2, 0) is 14.3 Å². The highest BCUT2D eigenvalue weighted by atomic mass is 16.6. The first kappa shape index (κ1) is 26.5. The van der Waals surface area contributed by atoms with Gasteiger partial charge in [0.15, 0.2) is 0 Å². The second-order valence-electron chi connectivity index (χ2n) is 9.33. The fourth-order valence-electron chi connectivity index (χ4n) is 3.31. The van der Waals surface area contributed by atoms with Gasteiger partial charge in [-0.2, -0.15) is 0 Å². The molecule has 0 heterocycles. The van der Waals surface area contributed by atoms with Gasteiger partial charge in [-0.3, -0.25) is 9.59 Å². The number of hydrogen-bond acceptors (Lipinski definition) is 4. The Balaban J connectivity index is 3.14. The van der Waals surface area contributed by atoms with Crippen molar-refractivity contribution in [2.75, 3.05) is 7.05 Å². The maximum atomic E-state index is 13.4. The number of nitrogens with one attached hydrogen (secondary N) is 2. The summed E-state index contributed by atoms with van der Waals surface area (Å²) < 4.78 is 5.32. The third kappa shape index (κ3) is 8.59. The average Bonchev–Trinajstić information content (AvgIpc) is 2.65. The van der Waals surface area contributed by atoms with Gasteiger partial charge in [-0.15, -0.1) is 0 Å². The standard InChI is InChI=1S/C24H39N3O4/c1-9-13-17(4)25-21(28)20(18-14-11-10-12-15-18)27(8)22(29)19(16(2)3)26-23(30)31-24(5,6)7/h10-12,14-17,19-20H,9,13H2,1-8H3,(H,25,28)(H,26,30). The van der Waals surface area contributed by atoms with Gasteiger partial charge >= 0.3 is 6.09 Å². The number of benzene rings is 1. The zero-order chi connectivity index (χ0) is 23.8. The van der Waals surface area contributed by atoms with Gasteiger partial charge in [-0.25, -0.2) is 4.79 Å². The Morgan fingerprint density at radius 3 is 2.10 bits per heavy atom. The van der Waals surface area contributed by atoms with Crippen molar-refractivity contribution in [2.45, 2.75) is 85.0 Å². The van der Waals surface area contributed by atoms with E-state index < -0.39 is 23.8 Å². The molecule has 1 aromatic carbocycles. The molecule has 0 saturated heterocycles. The number of amides is 3. The number of alkyl carbamates (subject to hydrolysis) is 1. The highest BCUT2D eigenvalue weighted by Gasteiger charge is 2.35. The first-order valence-electron chi connectivity index (χ1n) is 11.0. The molecule has 1 aromatic rings. The van der Waals surface area contributed by atoms with Crippen LogP contribution >= 0.6 is 0 Å². The van der Waals surface area contributed by atoms with E-state index in [1.54, 1.807) is 27.8 Å². The molecule has 0 aliphatic carbocycles. The third-order valence-electron chi connectivity index (χ3n) is 4.81. The molecule has 3 unspecified atom stereocenters. The van der Waals surface area contributed by atoms with Gasteiger partial charge < -0.3 is 20.3 Å². The molecule has 7 heteroatoms. The average molecular weight is 434 g/mol. The second kappa shape index (κ2) is 11.7. The van der Waals surface area contributed by atoms with Crippen LogP contribution in [0.25, 0.3) is 0 Å². The number of carbonyl (C=O) groups excluding carboxylic acids is 3. The zero-order valence-electron chi connectivity index (χ0n) is 20.2. The molecular weight excluding hydrogens is 394 g/mol. The first-order chi connectivity index (χ1) is 14.4. The number of rotatable bonds is 9. The predicted molar refractivity (Wildman–Crippen MR) is 122 cm³/mol. The van der Waals surface area contributed by atoms with E-state index in [2.05, 4.69) is 17.6 Å². The van der Waals surface area contributed by atoms with E-state index in [9.17, 15) is 14.4 Å². The lowest BCUT2D eigenvalue weighted by Crippen LogP contribution is -2.54. The van der Waals surface area contributed by atoms with E-state index >= 15 is 0 Å². The Kier molecular flexibility index (Phi) is 10.0. The molecule has 0 saturated carbocycles. The van der Waals surface area contributed by atoms with Crippen molar-refractivity contribution in [2.24, 2.45) is 5.92 Å². The van der Waals surface area contributed by atoms with Crippen LogP contribution in [0.5, 0.6) is 0 Å². The molecule has 7 nitrogen and oxygen atoms in total. The minimum absolute atomic E-state index is 0.00648. The minimum atomic E-state index is -0.827. The largest absolute Gasteiger partial charge is 0.444 e. The van der Waals surface area contributed by atoms with Gasteiger partial charge in [0.2, 0.25) is 11.8 Å². The number of nitrogens with zero attached hydrogens (tertiary/aromatic N) is 1. The summed E-state index contributed by atoms with van der Waals surface area (Å²) in [4.78, 5) is 40.3. The van der Waals surface area contributed by atoms with Crippen LogP contribution < -0.4 is 10.6 Å². The first-order valence-corrected chi connectivity index (χ1v) is 11.0. The van der Waals surface area contributed by atoms with Crippen LogP contribution in [0.1, 0.15) is 72.9 Å². The van der Waals surface area contributed by atoms with Crippen LogP contribution in [0, 0.1) is 5.92 Å². The van der Waals surface area contributed by atoms with Gasteiger partial charge in [-0.05, 0) is 45.6 Å². The summed E-state index contributed by atoms with van der Waals surface area (Å²) in [6, 6.07) is 7.54. The van der Waals surface area contributed by atoms with E-state index in [1.807, 2.05) is 51.1 Å². The molecule has 0 radical (unpaired) electrons. The van der Waals surface area contributed by atoms with Crippen molar-refractivity contribution in [1.82, 2.24) is 15.5 Å². The molecule has 0 aliphatic rings. The summed E-state index contributed by atoms with van der Waals surface area (Å²) in [5, 5.41) is 5.69. The molecule has 1 rings (SSSR count). The Morgan fingerprint density at radius 1 is 1.03 bits per heavy atom. The van der Waals surface area contributed by atoms with E-state index in [4.69, 9.17) is 4.74 Å². The Bertz CT molecular complexity index is 728.